The van der Waals surface area contributed by atoms with Crippen LogP contribution in [-0.4, -0.2) is 21.3 Å². The van der Waals surface area contributed by atoms with Gasteiger partial charge in [-0.3, -0.25) is 0 Å². The van der Waals surface area contributed by atoms with Crippen molar-refractivity contribution in [1.82, 2.24) is 14.8 Å². The molecular formula is C16H22N4. The largest absolute Gasteiger partial charge is 0.354 e. The van der Waals surface area contributed by atoms with E-state index < -0.39 is 0 Å². The first-order chi connectivity index (χ1) is 9.56. The molecule has 2 heterocycles. The van der Waals surface area contributed by atoms with E-state index in [2.05, 4.69) is 60.9 Å². The highest BCUT2D eigenvalue weighted by Crippen LogP contribution is 2.31. The third-order valence-corrected chi connectivity index (χ3v) is 3.94. The fraction of sp³-hybridized carbons (Fsp3) is 0.500. The van der Waals surface area contributed by atoms with E-state index in [1.165, 1.54) is 16.7 Å². The number of nitrogens with one attached hydrogen (secondary N) is 1. The van der Waals surface area contributed by atoms with Crippen LogP contribution < -0.4 is 5.32 Å². The lowest BCUT2D eigenvalue weighted by atomic mass is 9.96. The number of hydrogen-bond acceptors (Lipinski definition) is 3. The van der Waals surface area contributed by atoms with Gasteiger partial charge >= 0.3 is 0 Å². The fourth-order valence-corrected chi connectivity index (χ4v) is 2.85. The Labute approximate surface area is 120 Å². The summed E-state index contributed by atoms with van der Waals surface area (Å²) in [5.74, 6) is 2.18. The Morgan fingerprint density at radius 1 is 1.30 bits per heavy atom. The minimum absolute atomic E-state index is 0.298. The molecule has 0 amide bonds. The zero-order valence-electron chi connectivity index (χ0n) is 12.6. The summed E-state index contributed by atoms with van der Waals surface area (Å²) in [5, 5.41) is 8.07. The maximum Gasteiger partial charge on any atom is 0.221 e. The normalized spacial score (nSPS) is 17.9. The molecule has 1 aliphatic heterocycles. The van der Waals surface area contributed by atoms with Gasteiger partial charge in [0.2, 0.25) is 5.95 Å². The van der Waals surface area contributed by atoms with Crippen molar-refractivity contribution in [2.45, 2.75) is 46.1 Å². The molecule has 20 heavy (non-hydrogen) atoms. The lowest BCUT2D eigenvalue weighted by Gasteiger charge is -2.26. The first kappa shape index (κ1) is 13.2. The number of aromatic nitrogens is 3. The van der Waals surface area contributed by atoms with E-state index in [1.807, 2.05) is 0 Å². The standard InChI is InChI=1S/C16H22N4/c1-10(2)15-18-16-17-8-7-14(20(16)19-15)13-6-5-11(3)9-12(13)4/h5-6,9-10,14H,7-8H2,1-4H3,(H,17,18,19). The van der Waals surface area contributed by atoms with Gasteiger partial charge in [-0.1, -0.05) is 37.6 Å². The van der Waals surface area contributed by atoms with Gasteiger partial charge in [-0.05, 0) is 31.4 Å². The van der Waals surface area contributed by atoms with E-state index in [0.717, 1.165) is 24.7 Å². The SMILES string of the molecule is Cc1ccc(C2CCNc3nc(C(C)C)nn32)c(C)c1. The molecule has 4 nitrogen and oxygen atoms in total. The summed E-state index contributed by atoms with van der Waals surface area (Å²) in [7, 11) is 0. The van der Waals surface area contributed by atoms with Gasteiger partial charge in [0.25, 0.3) is 0 Å². The van der Waals surface area contributed by atoms with Gasteiger partial charge in [0, 0.05) is 12.5 Å². The highest BCUT2D eigenvalue weighted by atomic mass is 15.4. The Kier molecular flexibility index (Phi) is 3.24. The van der Waals surface area contributed by atoms with Crippen molar-refractivity contribution in [2.24, 2.45) is 0 Å². The van der Waals surface area contributed by atoms with E-state index >= 15 is 0 Å². The fourth-order valence-electron chi connectivity index (χ4n) is 2.85. The lowest BCUT2D eigenvalue weighted by Crippen LogP contribution is -2.25. The second-order valence-electron chi connectivity index (χ2n) is 5.98. The van der Waals surface area contributed by atoms with Crippen molar-refractivity contribution in [3.63, 3.8) is 0 Å². The molecule has 1 aromatic heterocycles. The summed E-state index contributed by atoms with van der Waals surface area (Å²) in [5.41, 5.74) is 4.00. The summed E-state index contributed by atoms with van der Waals surface area (Å²) < 4.78 is 2.07. The number of anilines is 1. The second-order valence-corrected chi connectivity index (χ2v) is 5.98. The van der Waals surface area contributed by atoms with Gasteiger partial charge in [0.05, 0.1) is 6.04 Å². The zero-order chi connectivity index (χ0) is 14.3. The molecule has 2 aromatic rings. The van der Waals surface area contributed by atoms with Crippen molar-refractivity contribution in [3.05, 3.63) is 40.7 Å². The average Bonchev–Trinajstić information content (AvgIpc) is 2.83. The van der Waals surface area contributed by atoms with Crippen molar-refractivity contribution >= 4 is 5.95 Å². The number of benzene rings is 1. The van der Waals surface area contributed by atoms with E-state index in [4.69, 9.17) is 5.10 Å². The van der Waals surface area contributed by atoms with Crippen LogP contribution >= 0.6 is 0 Å². The summed E-state index contributed by atoms with van der Waals surface area (Å²) in [4.78, 5) is 4.61. The molecule has 0 saturated heterocycles. The van der Waals surface area contributed by atoms with Crippen LogP contribution in [-0.2, 0) is 0 Å². The molecule has 3 rings (SSSR count). The second kappa shape index (κ2) is 4.93. The molecule has 106 valence electrons. The van der Waals surface area contributed by atoms with Gasteiger partial charge in [-0.15, -0.1) is 0 Å². The molecule has 1 unspecified atom stereocenters. The summed E-state index contributed by atoms with van der Waals surface area (Å²) in [6.45, 7) is 9.54. The zero-order valence-corrected chi connectivity index (χ0v) is 12.6. The first-order valence-corrected chi connectivity index (χ1v) is 7.33. The summed E-state index contributed by atoms with van der Waals surface area (Å²) in [6.07, 6.45) is 1.05. The van der Waals surface area contributed by atoms with Crippen LogP contribution in [0.2, 0.25) is 0 Å². The number of hydrogen-bond donors (Lipinski definition) is 1. The van der Waals surface area contributed by atoms with Crippen molar-refractivity contribution in [3.8, 4) is 0 Å². The molecule has 0 saturated carbocycles. The lowest BCUT2D eigenvalue weighted by molar-refractivity contribution is 0.473. The summed E-state index contributed by atoms with van der Waals surface area (Å²) >= 11 is 0. The van der Waals surface area contributed by atoms with Gasteiger partial charge in [-0.2, -0.15) is 10.1 Å². The van der Waals surface area contributed by atoms with Gasteiger partial charge in [0.15, 0.2) is 5.82 Å². The molecule has 1 N–H and O–H groups in total. The minimum atomic E-state index is 0.298. The highest BCUT2D eigenvalue weighted by Gasteiger charge is 2.26. The number of nitrogens with zero attached hydrogens (tertiary/aromatic N) is 3. The van der Waals surface area contributed by atoms with Crippen LogP contribution in [0.15, 0.2) is 18.2 Å². The smallest absolute Gasteiger partial charge is 0.221 e. The predicted octanol–water partition coefficient (Wildman–Crippen LogP) is 3.42. The van der Waals surface area contributed by atoms with Crippen LogP contribution in [0.1, 0.15) is 54.7 Å². The first-order valence-electron chi connectivity index (χ1n) is 7.33. The van der Waals surface area contributed by atoms with Gasteiger partial charge in [-0.25, -0.2) is 4.68 Å². The Bertz CT molecular complexity index is 627. The third kappa shape index (κ3) is 2.19. The molecular weight excluding hydrogens is 248 g/mol. The maximum atomic E-state index is 4.71. The molecule has 0 fully saturated rings. The van der Waals surface area contributed by atoms with E-state index in [-0.39, 0.29) is 0 Å². The van der Waals surface area contributed by atoms with Crippen LogP contribution in [0, 0.1) is 13.8 Å². The van der Waals surface area contributed by atoms with E-state index in [9.17, 15) is 0 Å². The quantitative estimate of drug-likeness (QED) is 0.909. The Balaban J connectivity index is 2.05. The van der Waals surface area contributed by atoms with Crippen LogP contribution in [0.25, 0.3) is 0 Å². The average molecular weight is 270 g/mol. The predicted molar refractivity (Wildman–Crippen MR) is 81.3 cm³/mol. The molecule has 0 radical (unpaired) electrons. The molecule has 1 aliphatic rings. The van der Waals surface area contributed by atoms with Crippen molar-refractivity contribution < 1.29 is 0 Å². The number of fused-ring (bicyclic) bond motifs is 1. The molecule has 0 spiro atoms. The third-order valence-electron chi connectivity index (χ3n) is 3.94. The van der Waals surface area contributed by atoms with Gasteiger partial charge < -0.3 is 5.32 Å². The molecule has 1 atom stereocenters. The highest BCUT2D eigenvalue weighted by molar-refractivity contribution is 5.38. The molecule has 0 aliphatic carbocycles. The van der Waals surface area contributed by atoms with Crippen LogP contribution in [0.4, 0.5) is 5.95 Å². The van der Waals surface area contributed by atoms with E-state index in [1.54, 1.807) is 0 Å². The topological polar surface area (TPSA) is 42.7 Å². The Morgan fingerprint density at radius 2 is 2.10 bits per heavy atom. The number of aryl methyl sites for hydroxylation is 2. The monoisotopic (exact) mass is 270 g/mol. The van der Waals surface area contributed by atoms with E-state index in [0.29, 0.717) is 12.0 Å². The Morgan fingerprint density at radius 3 is 2.80 bits per heavy atom. The minimum Gasteiger partial charge on any atom is -0.354 e. The molecule has 4 heteroatoms. The maximum absolute atomic E-state index is 4.71. The summed E-state index contributed by atoms with van der Waals surface area (Å²) in [6, 6.07) is 6.97. The molecule has 0 bridgehead atoms. The van der Waals surface area contributed by atoms with Crippen molar-refractivity contribution in [2.75, 3.05) is 11.9 Å². The molecule has 1 aromatic carbocycles. The Hall–Kier alpha value is -1.84. The van der Waals surface area contributed by atoms with Crippen LogP contribution in [0.5, 0.6) is 0 Å². The van der Waals surface area contributed by atoms with Gasteiger partial charge in [0.1, 0.15) is 0 Å². The van der Waals surface area contributed by atoms with Crippen LogP contribution in [0.3, 0.4) is 0 Å². The number of rotatable bonds is 2. The van der Waals surface area contributed by atoms with Crippen molar-refractivity contribution in [1.29, 1.82) is 0 Å².